The molecule has 3 rings (SSSR count). The Labute approximate surface area is 155 Å². The minimum Gasteiger partial charge on any atom is -0.455 e. The number of rotatable bonds is 6. The van der Waals surface area contributed by atoms with Crippen molar-refractivity contribution in [2.75, 3.05) is 19.7 Å². The van der Waals surface area contributed by atoms with Crippen LogP contribution in [0, 0.1) is 17.8 Å². The summed E-state index contributed by atoms with van der Waals surface area (Å²) in [6, 6.07) is -0.980. The summed E-state index contributed by atoms with van der Waals surface area (Å²) in [5.41, 5.74) is 0. The second-order valence-electron chi connectivity index (χ2n) is 7.86. The largest absolute Gasteiger partial charge is 0.455 e. The van der Waals surface area contributed by atoms with Gasteiger partial charge < -0.3 is 15.0 Å². The summed E-state index contributed by atoms with van der Waals surface area (Å²) in [7, 11) is 0. The first-order chi connectivity index (χ1) is 12.7. The summed E-state index contributed by atoms with van der Waals surface area (Å²) in [4.78, 5) is 37.6. The van der Waals surface area contributed by atoms with Gasteiger partial charge in [-0.25, -0.2) is 0 Å². The normalized spacial score (nSPS) is 28.9. The molecule has 27 heavy (non-hydrogen) atoms. The highest BCUT2D eigenvalue weighted by Crippen LogP contribution is 2.37. The first kappa shape index (κ1) is 19.9. The monoisotopic (exact) mass is 390 g/mol. The Kier molecular flexibility index (Phi) is 5.95. The molecule has 1 N–H and O–H groups in total. The smallest absolute Gasteiger partial charge is 0.393 e. The van der Waals surface area contributed by atoms with Crippen molar-refractivity contribution < 1.29 is 32.3 Å². The summed E-state index contributed by atoms with van der Waals surface area (Å²) in [6.45, 7) is 0.325. The minimum absolute atomic E-state index is 0.00471. The quantitative estimate of drug-likeness (QED) is 0.704. The molecule has 2 saturated carbocycles. The molecule has 2 aliphatic carbocycles. The number of amides is 2. The highest BCUT2D eigenvalue weighted by molar-refractivity contribution is 5.88. The van der Waals surface area contributed by atoms with Gasteiger partial charge in [0.25, 0.3) is 5.91 Å². The van der Waals surface area contributed by atoms with Gasteiger partial charge in [-0.1, -0.05) is 12.8 Å². The fourth-order valence-corrected chi connectivity index (χ4v) is 3.92. The number of nitrogens with zero attached hydrogens (tertiary/aromatic N) is 1. The van der Waals surface area contributed by atoms with Crippen molar-refractivity contribution in [3.8, 4) is 0 Å². The topological polar surface area (TPSA) is 75.7 Å². The Morgan fingerprint density at radius 3 is 2.52 bits per heavy atom. The highest BCUT2D eigenvalue weighted by atomic mass is 19.4. The van der Waals surface area contributed by atoms with Crippen LogP contribution in [0.1, 0.15) is 44.9 Å². The van der Waals surface area contributed by atoms with E-state index in [4.69, 9.17) is 4.74 Å². The van der Waals surface area contributed by atoms with Gasteiger partial charge >= 0.3 is 12.1 Å². The summed E-state index contributed by atoms with van der Waals surface area (Å²) in [5, 5.41) is 2.36. The molecule has 0 aromatic heterocycles. The van der Waals surface area contributed by atoms with E-state index in [1.165, 1.54) is 0 Å². The predicted molar refractivity (Wildman–Crippen MR) is 88.3 cm³/mol. The van der Waals surface area contributed by atoms with Gasteiger partial charge in [-0.2, -0.15) is 13.2 Å². The van der Waals surface area contributed by atoms with Gasteiger partial charge in [0.05, 0.1) is 11.8 Å². The van der Waals surface area contributed by atoms with E-state index in [1.54, 1.807) is 4.90 Å². The lowest BCUT2D eigenvalue weighted by Crippen LogP contribution is -2.48. The standard InChI is InChI=1S/C18H25F3N2O4/c19-18(20,21)13-3-1-2-4-14(13)22-15(24)10-27-17(26)12-7-16(25)23(9-12)8-11-5-6-11/h11-14H,1-10H2,(H,22,24)/t12-,13-,14-/m1/s1. The van der Waals surface area contributed by atoms with E-state index in [0.29, 0.717) is 25.3 Å². The average molecular weight is 390 g/mol. The molecule has 0 bridgehead atoms. The third kappa shape index (κ3) is 5.35. The van der Waals surface area contributed by atoms with Gasteiger partial charge in [0.15, 0.2) is 6.61 Å². The first-order valence-corrected chi connectivity index (χ1v) is 9.54. The number of esters is 1. The van der Waals surface area contributed by atoms with Crippen molar-refractivity contribution in [2.24, 2.45) is 17.8 Å². The molecule has 0 unspecified atom stereocenters. The number of hydrogen-bond acceptors (Lipinski definition) is 4. The van der Waals surface area contributed by atoms with Crippen LogP contribution < -0.4 is 5.32 Å². The molecule has 6 nitrogen and oxygen atoms in total. The van der Waals surface area contributed by atoms with E-state index in [0.717, 1.165) is 12.8 Å². The van der Waals surface area contributed by atoms with Crippen molar-refractivity contribution in [2.45, 2.75) is 57.2 Å². The molecule has 0 spiro atoms. The average Bonchev–Trinajstić information content (AvgIpc) is 3.34. The maximum absolute atomic E-state index is 13.1. The maximum atomic E-state index is 13.1. The van der Waals surface area contributed by atoms with E-state index in [9.17, 15) is 27.6 Å². The first-order valence-electron chi connectivity index (χ1n) is 9.54. The number of ether oxygens (including phenoxy) is 1. The van der Waals surface area contributed by atoms with Crippen molar-refractivity contribution in [3.05, 3.63) is 0 Å². The highest BCUT2D eigenvalue weighted by Gasteiger charge is 2.46. The van der Waals surface area contributed by atoms with Gasteiger partial charge in [0.1, 0.15) is 0 Å². The van der Waals surface area contributed by atoms with E-state index >= 15 is 0 Å². The molecule has 1 heterocycles. The van der Waals surface area contributed by atoms with Crippen LogP contribution >= 0.6 is 0 Å². The zero-order valence-electron chi connectivity index (χ0n) is 15.1. The molecule has 3 fully saturated rings. The van der Waals surface area contributed by atoms with E-state index in [-0.39, 0.29) is 31.7 Å². The summed E-state index contributed by atoms with van der Waals surface area (Å²) in [6.07, 6.45) is -0.738. The van der Waals surface area contributed by atoms with Crippen molar-refractivity contribution >= 4 is 17.8 Å². The summed E-state index contributed by atoms with van der Waals surface area (Å²) < 4.78 is 44.1. The van der Waals surface area contributed by atoms with E-state index in [2.05, 4.69) is 5.32 Å². The summed E-state index contributed by atoms with van der Waals surface area (Å²) in [5.74, 6) is -3.12. The number of alkyl halides is 3. The van der Waals surface area contributed by atoms with E-state index in [1.807, 2.05) is 0 Å². The van der Waals surface area contributed by atoms with Crippen LogP contribution in [0.2, 0.25) is 0 Å². The molecule has 3 aliphatic rings. The summed E-state index contributed by atoms with van der Waals surface area (Å²) >= 11 is 0. The fraction of sp³-hybridized carbons (Fsp3) is 0.833. The molecule has 2 amide bonds. The molecule has 152 valence electrons. The Bertz CT molecular complexity index is 592. The Morgan fingerprint density at radius 2 is 1.85 bits per heavy atom. The van der Waals surface area contributed by atoms with Gasteiger partial charge in [0, 0.05) is 25.6 Å². The molecule has 9 heteroatoms. The van der Waals surface area contributed by atoms with Crippen LogP contribution in [0.3, 0.4) is 0 Å². The zero-order valence-corrected chi connectivity index (χ0v) is 15.1. The molecule has 0 aromatic carbocycles. The molecule has 1 saturated heterocycles. The second-order valence-corrected chi connectivity index (χ2v) is 7.86. The molecule has 0 radical (unpaired) electrons. The molecular formula is C18H25F3N2O4. The number of halogens is 3. The van der Waals surface area contributed by atoms with E-state index < -0.39 is 42.5 Å². The van der Waals surface area contributed by atoms with Crippen LogP contribution in [0.5, 0.6) is 0 Å². The maximum Gasteiger partial charge on any atom is 0.393 e. The molecule has 1 aliphatic heterocycles. The predicted octanol–water partition coefficient (Wildman–Crippen LogP) is 2.03. The van der Waals surface area contributed by atoms with Crippen LogP contribution in [0.15, 0.2) is 0 Å². The molecular weight excluding hydrogens is 365 g/mol. The second kappa shape index (κ2) is 8.06. The number of carbonyl (C=O) groups excluding carboxylic acids is 3. The Balaban J connectivity index is 1.43. The van der Waals surface area contributed by atoms with Crippen molar-refractivity contribution in [3.63, 3.8) is 0 Å². The Morgan fingerprint density at radius 1 is 1.15 bits per heavy atom. The lowest BCUT2D eigenvalue weighted by molar-refractivity contribution is -0.189. The lowest BCUT2D eigenvalue weighted by Gasteiger charge is -2.33. The fourth-order valence-electron chi connectivity index (χ4n) is 3.92. The van der Waals surface area contributed by atoms with Gasteiger partial charge in [-0.15, -0.1) is 0 Å². The van der Waals surface area contributed by atoms with Crippen molar-refractivity contribution in [1.82, 2.24) is 10.2 Å². The minimum atomic E-state index is -4.36. The van der Waals surface area contributed by atoms with Crippen LogP contribution in [0.25, 0.3) is 0 Å². The van der Waals surface area contributed by atoms with Gasteiger partial charge in [-0.05, 0) is 31.6 Å². The lowest BCUT2D eigenvalue weighted by atomic mass is 9.84. The van der Waals surface area contributed by atoms with Crippen LogP contribution in [0.4, 0.5) is 13.2 Å². The zero-order chi connectivity index (χ0) is 19.6. The van der Waals surface area contributed by atoms with Crippen molar-refractivity contribution in [1.29, 1.82) is 0 Å². The van der Waals surface area contributed by atoms with Gasteiger partial charge in [-0.3, -0.25) is 14.4 Å². The molecule has 3 atom stereocenters. The van der Waals surface area contributed by atoms with Gasteiger partial charge in [0.2, 0.25) is 5.91 Å². The third-order valence-corrected chi connectivity index (χ3v) is 5.60. The van der Waals surface area contributed by atoms with Crippen LogP contribution in [-0.4, -0.2) is 54.6 Å². The number of likely N-dealkylation sites (tertiary alicyclic amines) is 1. The number of nitrogens with one attached hydrogen (secondary N) is 1. The Hall–Kier alpha value is -1.80. The number of hydrogen-bond donors (Lipinski definition) is 1. The number of carbonyl (C=O) groups is 3. The third-order valence-electron chi connectivity index (χ3n) is 5.60. The SMILES string of the molecule is O=C(COC(=O)[C@@H]1CC(=O)N(CC2CC2)C1)N[C@@H]1CCCC[C@H]1C(F)(F)F. The van der Waals surface area contributed by atoms with Crippen LogP contribution in [-0.2, 0) is 19.1 Å². The molecule has 0 aromatic rings.